The van der Waals surface area contributed by atoms with Gasteiger partial charge in [0.05, 0.1) is 0 Å². The van der Waals surface area contributed by atoms with Crippen molar-refractivity contribution in [1.29, 1.82) is 0 Å². The van der Waals surface area contributed by atoms with Crippen molar-refractivity contribution >= 4 is 11.5 Å². The van der Waals surface area contributed by atoms with Crippen LogP contribution >= 0.6 is 0 Å². The van der Waals surface area contributed by atoms with Crippen molar-refractivity contribution in [3.05, 3.63) is 18.7 Å². The standard InChI is InChI=1S/C12H16N6/c1-2-9-6-10(5-8(1)15-9)16-11-12-17-14-7-18(12)4-3-13-11/h3-4,7-10,15H,1-2,5-6H2,(H,13,16). The van der Waals surface area contributed by atoms with Crippen LogP contribution in [0.1, 0.15) is 25.7 Å². The molecule has 6 heteroatoms. The summed E-state index contributed by atoms with van der Waals surface area (Å²) in [6, 6.07) is 1.86. The second-order valence-electron chi connectivity index (χ2n) is 5.29. The predicted octanol–water partition coefficient (Wildman–Crippen LogP) is 0.819. The highest BCUT2D eigenvalue weighted by Crippen LogP contribution is 2.28. The molecule has 2 bridgehead atoms. The van der Waals surface area contributed by atoms with Crippen LogP contribution in [0.4, 0.5) is 5.82 Å². The molecule has 0 aromatic carbocycles. The van der Waals surface area contributed by atoms with Crippen molar-refractivity contribution in [2.24, 2.45) is 0 Å². The summed E-state index contributed by atoms with van der Waals surface area (Å²) >= 11 is 0. The number of aromatic nitrogens is 4. The van der Waals surface area contributed by atoms with Gasteiger partial charge in [0, 0.05) is 30.5 Å². The van der Waals surface area contributed by atoms with Crippen LogP contribution in [0.5, 0.6) is 0 Å². The Hall–Kier alpha value is -1.69. The summed E-state index contributed by atoms with van der Waals surface area (Å²) in [6.07, 6.45) is 10.3. The molecule has 2 fully saturated rings. The molecule has 2 N–H and O–H groups in total. The third-order valence-corrected chi connectivity index (χ3v) is 4.03. The van der Waals surface area contributed by atoms with Crippen molar-refractivity contribution in [2.45, 2.75) is 43.8 Å². The summed E-state index contributed by atoms with van der Waals surface area (Å²) < 4.78 is 1.89. The molecule has 0 saturated carbocycles. The zero-order valence-corrected chi connectivity index (χ0v) is 10.1. The molecule has 2 aliphatic rings. The SMILES string of the molecule is c1cn2cnnc2c(NC2CC3CCC(C2)N3)n1. The predicted molar refractivity (Wildman–Crippen MR) is 67.4 cm³/mol. The molecule has 2 aromatic heterocycles. The van der Waals surface area contributed by atoms with E-state index in [9.17, 15) is 0 Å². The Kier molecular flexibility index (Phi) is 2.23. The van der Waals surface area contributed by atoms with Crippen molar-refractivity contribution in [3.63, 3.8) is 0 Å². The van der Waals surface area contributed by atoms with Gasteiger partial charge in [-0.25, -0.2) is 4.98 Å². The van der Waals surface area contributed by atoms with Gasteiger partial charge < -0.3 is 10.6 Å². The lowest BCUT2D eigenvalue weighted by molar-refractivity contribution is 0.378. The first-order chi connectivity index (χ1) is 8.88. The Morgan fingerprint density at radius 1 is 1.28 bits per heavy atom. The minimum absolute atomic E-state index is 0.499. The van der Waals surface area contributed by atoms with Gasteiger partial charge in [0.1, 0.15) is 6.33 Å². The van der Waals surface area contributed by atoms with Gasteiger partial charge in [0.25, 0.3) is 0 Å². The van der Waals surface area contributed by atoms with Gasteiger partial charge in [-0.05, 0) is 25.7 Å². The maximum atomic E-state index is 4.39. The van der Waals surface area contributed by atoms with Gasteiger partial charge in [0.2, 0.25) is 5.65 Å². The summed E-state index contributed by atoms with van der Waals surface area (Å²) in [6.45, 7) is 0. The Bertz CT molecular complexity index is 552. The molecule has 2 unspecified atom stereocenters. The first kappa shape index (κ1) is 10.3. The molecule has 0 amide bonds. The number of hydrogen-bond donors (Lipinski definition) is 2. The molecule has 18 heavy (non-hydrogen) atoms. The molecular weight excluding hydrogens is 228 g/mol. The molecule has 4 heterocycles. The van der Waals surface area contributed by atoms with Crippen LogP contribution in [0.3, 0.4) is 0 Å². The number of hydrogen-bond acceptors (Lipinski definition) is 5. The van der Waals surface area contributed by atoms with E-state index in [2.05, 4.69) is 25.8 Å². The Labute approximate surface area is 105 Å². The Balaban J connectivity index is 1.59. The van der Waals surface area contributed by atoms with E-state index in [1.165, 1.54) is 25.7 Å². The van der Waals surface area contributed by atoms with E-state index in [-0.39, 0.29) is 0 Å². The maximum absolute atomic E-state index is 4.39. The number of nitrogens with zero attached hydrogens (tertiary/aromatic N) is 4. The first-order valence-electron chi connectivity index (χ1n) is 6.55. The van der Waals surface area contributed by atoms with Crippen LogP contribution in [0.15, 0.2) is 18.7 Å². The molecule has 6 nitrogen and oxygen atoms in total. The molecule has 2 aromatic rings. The number of nitrogens with one attached hydrogen (secondary N) is 2. The molecule has 2 atom stereocenters. The highest BCUT2D eigenvalue weighted by molar-refractivity contribution is 5.61. The van der Waals surface area contributed by atoms with E-state index < -0.39 is 0 Å². The van der Waals surface area contributed by atoms with Gasteiger partial charge in [-0.2, -0.15) is 0 Å². The largest absolute Gasteiger partial charge is 0.364 e. The monoisotopic (exact) mass is 244 g/mol. The zero-order chi connectivity index (χ0) is 11.9. The molecule has 2 saturated heterocycles. The van der Waals surface area contributed by atoms with Gasteiger partial charge in [-0.15, -0.1) is 10.2 Å². The van der Waals surface area contributed by atoms with Gasteiger partial charge in [0.15, 0.2) is 5.82 Å². The van der Waals surface area contributed by atoms with Crippen LogP contribution in [-0.4, -0.2) is 37.7 Å². The Morgan fingerprint density at radius 2 is 2.11 bits per heavy atom. The third kappa shape index (κ3) is 1.64. The van der Waals surface area contributed by atoms with Crippen LogP contribution in [0, 0.1) is 0 Å². The molecule has 4 rings (SSSR count). The lowest BCUT2D eigenvalue weighted by Gasteiger charge is -2.29. The zero-order valence-electron chi connectivity index (χ0n) is 10.1. The van der Waals surface area contributed by atoms with Gasteiger partial charge in [-0.3, -0.25) is 4.40 Å². The molecule has 0 radical (unpaired) electrons. The molecule has 0 aliphatic carbocycles. The summed E-state index contributed by atoms with van der Waals surface area (Å²) in [5, 5.41) is 15.2. The van der Waals surface area contributed by atoms with E-state index >= 15 is 0 Å². The fourth-order valence-electron chi connectivity index (χ4n) is 3.23. The minimum Gasteiger partial charge on any atom is -0.364 e. The van der Waals surface area contributed by atoms with E-state index in [1.807, 2.05) is 10.6 Å². The highest BCUT2D eigenvalue weighted by Gasteiger charge is 2.33. The quantitative estimate of drug-likeness (QED) is 0.818. The topological polar surface area (TPSA) is 67.1 Å². The summed E-state index contributed by atoms with van der Waals surface area (Å²) in [5.74, 6) is 0.848. The van der Waals surface area contributed by atoms with Crippen LogP contribution in [-0.2, 0) is 0 Å². The van der Waals surface area contributed by atoms with Gasteiger partial charge >= 0.3 is 0 Å². The summed E-state index contributed by atoms with van der Waals surface area (Å²) in [5.41, 5.74) is 0.809. The first-order valence-corrected chi connectivity index (χ1v) is 6.55. The van der Waals surface area contributed by atoms with Crippen molar-refractivity contribution in [3.8, 4) is 0 Å². The number of anilines is 1. The number of rotatable bonds is 2. The third-order valence-electron chi connectivity index (χ3n) is 4.03. The van der Waals surface area contributed by atoms with Crippen LogP contribution in [0.25, 0.3) is 5.65 Å². The second kappa shape index (κ2) is 3.91. The van der Waals surface area contributed by atoms with E-state index in [1.54, 1.807) is 12.5 Å². The second-order valence-corrected chi connectivity index (χ2v) is 5.29. The fourth-order valence-corrected chi connectivity index (χ4v) is 3.23. The van der Waals surface area contributed by atoms with Gasteiger partial charge in [-0.1, -0.05) is 0 Å². The van der Waals surface area contributed by atoms with E-state index in [4.69, 9.17) is 0 Å². The van der Waals surface area contributed by atoms with Crippen LogP contribution < -0.4 is 10.6 Å². The van der Waals surface area contributed by atoms with Crippen molar-refractivity contribution in [2.75, 3.05) is 5.32 Å². The molecule has 94 valence electrons. The molecule has 0 spiro atoms. The fraction of sp³-hybridized carbons (Fsp3) is 0.583. The highest BCUT2D eigenvalue weighted by atomic mass is 15.2. The maximum Gasteiger partial charge on any atom is 0.203 e. The average Bonchev–Trinajstić information content (AvgIpc) is 2.97. The minimum atomic E-state index is 0.499. The number of fused-ring (bicyclic) bond motifs is 3. The van der Waals surface area contributed by atoms with E-state index in [0.717, 1.165) is 11.5 Å². The molecular formula is C12H16N6. The van der Waals surface area contributed by atoms with Crippen molar-refractivity contribution < 1.29 is 0 Å². The lowest BCUT2D eigenvalue weighted by atomic mass is 10.00. The molecule has 2 aliphatic heterocycles. The average molecular weight is 244 g/mol. The number of piperidine rings is 1. The van der Waals surface area contributed by atoms with Crippen molar-refractivity contribution in [1.82, 2.24) is 24.9 Å². The van der Waals surface area contributed by atoms with Crippen LogP contribution in [0.2, 0.25) is 0 Å². The lowest BCUT2D eigenvalue weighted by Crippen LogP contribution is -2.43. The summed E-state index contributed by atoms with van der Waals surface area (Å²) in [7, 11) is 0. The van der Waals surface area contributed by atoms with E-state index in [0.29, 0.717) is 18.1 Å². The normalized spacial score (nSPS) is 30.8. The Morgan fingerprint density at radius 3 is 2.94 bits per heavy atom. The summed E-state index contributed by atoms with van der Waals surface area (Å²) in [4.78, 5) is 4.39. The smallest absolute Gasteiger partial charge is 0.203 e.